The standard InChI is InChI=1S/C18H14N4O3/c23-15-9-5-4-8-12(15)14-10-13(17(24)25)19-18-20-16(21-22(14)18)11-6-2-1-3-7-11/h1-10,14,23H,(H,24,25)(H,19,20,21). The number of aromatic hydroxyl groups is 1. The second-order valence-corrected chi connectivity index (χ2v) is 5.58. The molecule has 25 heavy (non-hydrogen) atoms. The number of nitrogens with zero attached hydrogens (tertiary/aromatic N) is 3. The lowest BCUT2D eigenvalue weighted by atomic mass is 10.0. The molecular formula is C18H14N4O3. The number of phenolic OH excluding ortho intramolecular Hbond substituents is 1. The summed E-state index contributed by atoms with van der Waals surface area (Å²) in [6, 6.07) is 15.6. The predicted molar refractivity (Wildman–Crippen MR) is 91.0 cm³/mol. The highest BCUT2D eigenvalue weighted by molar-refractivity contribution is 5.90. The van der Waals surface area contributed by atoms with Crippen LogP contribution in [-0.4, -0.2) is 30.9 Å². The zero-order valence-electron chi connectivity index (χ0n) is 13.0. The van der Waals surface area contributed by atoms with Gasteiger partial charge in [-0.2, -0.15) is 4.98 Å². The normalized spacial score (nSPS) is 15.8. The van der Waals surface area contributed by atoms with Gasteiger partial charge in [0, 0.05) is 11.1 Å². The van der Waals surface area contributed by atoms with Crippen molar-refractivity contribution in [2.75, 3.05) is 5.32 Å². The van der Waals surface area contributed by atoms with Crippen molar-refractivity contribution in [2.24, 2.45) is 0 Å². The molecule has 0 radical (unpaired) electrons. The highest BCUT2D eigenvalue weighted by Gasteiger charge is 2.28. The molecule has 3 aromatic rings. The van der Waals surface area contributed by atoms with Gasteiger partial charge in [-0.25, -0.2) is 9.48 Å². The molecule has 4 rings (SSSR count). The van der Waals surface area contributed by atoms with E-state index in [2.05, 4.69) is 15.4 Å². The van der Waals surface area contributed by atoms with Crippen molar-refractivity contribution < 1.29 is 15.0 Å². The number of para-hydroxylation sites is 1. The molecule has 1 aromatic heterocycles. The van der Waals surface area contributed by atoms with Gasteiger partial charge in [-0.3, -0.25) is 0 Å². The summed E-state index contributed by atoms with van der Waals surface area (Å²) in [5, 5.41) is 26.8. The number of carbonyl (C=O) groups is 1. The molecule has 0 fully saturated rings. The Morgan fingerprint density at radius 3 is 2.52 bits per heavy atom. The quantitative estimate of drug-likeness (QED) is 0.681. The van der Waals surface area contributed by atoms with E-state index < -0.39 is 12.0 Å². The Balaban J connectivity index is 1.86. The Kier molecular flexibility index (Phi) is 3.46. The van der Waals surface area contributed by atoms with Crippen molar-refractivity contribution >= 4 is 11.9 Å². The molecule has 1 aliphatic heterocycles. The van der Waals surface area contributed by atoms with Crippen LogP contribution in [0.5, 0.6) is 5.75 Å². The Morgan fingerprint density at radius 1 is 1.08 bits per heavy atom. The number of phenols is 1. The molecule has 1 aliphatic rings. The molecule has 7 nitrogen and oxygen atoms in total. The van der Waals surface area contributed by atoms with Gasteiger partial charge in [0.15, 0.2) is 5.82 Å². The third-order valence-corrected chi connectivity index (χ3v) is 3.98. The molecule has 7 heteroatoms. The molecule has 0 bridgehead atoms. The first-order valence-electron chi connectivity index (χ1n) is 7.65. The summed E-state index contributed by atoms with van der Waals surface area (Å²) in [7, 11) is 0. The van der Waals surface area contributed by atoms with Gasteiger partial charge < -0.3 is 15.5 Å². The van der Waals surface area contributed by atoms with E-state index in [0.29, 0.717) is 17.3 Å². The van der Waals surface area contributed by atoms with Gasteiger partial charge in [0.05, 0.1) is 0 Å². The smallest absolute Gasteiger partial charge is 0.352 e. The Hall–Kier alpha value is -3.61. The molecule has 0 amide bonds. The molecule has 0 spiro atoms. The average Bonchev–Trinajstić information content (AvgIpc) is 3.06. The van der Waals surface area contributed by atoms with Crippen LogP contribution in [0.15, 0.2) is 66.4 Å². The van der Waals surface area contributed by atoms with E-state index in [-0.39, 0.29) is 11.4 Å². The van der Waals surface area contributed by atoms with Crippen molar-refractivity contribution in [2.45, 2.75) is 6.04 Å². The number of fused-ring (bicyclic) bond motifs is 1. The molecule has 124 valence electrons. The zero-order chi connectivity index (χ0) is 17.4. The van der Waals surface area contributed by atoms with Gasteiger partial charge >= 0.3 is 5.97 Å². The molecule has 0 saturated heterocycles. The number of carboxylic acids is 1. The summed E-state index contributed by atoms with van der Waals surface area (Å²) in [6.07, 6.45) is 1.51. The minimum absolute atomic E-state index is 0.00670. The van der Waals surface area contributed by atoms with Gasteiger partial charge in [-0.1, -0.05) is 48.5 Å². The number of aromatic nitrogens is 3. The monoisotopic (exact) mass is 334 g/mol. The first-order valence-corrected chi connectivity index (χ1v) is 7.65. The van der Waals surface area contributed by atoms with Gasteiger partial charge in [-0.05, 0) is 12.1 Å². The topological polar surface area (TPSA) is 100 Å². The van der Waals surface area contributed by atoms with E-state index in [1.807, 2.05) is 30.3 Å². The van der Waals surface area contributed by atoms with Crippen LogP contribution in [0.3, 0.4) is 0 Å². The second-order valence-electron chi connectivity index (χ2n) is 5.58. The fourth-order valence-electron chi connectivity index (χ4n) is 2.79. The number of rotatable bonds is 3. The number of hydrogen-bond acceptors (Lipinski definition) is 5. The number of allylic oxidation sites excluding steroid dienone is 1. The summed E-state index contributed by atoms with van der Waals surface area (Å²) >= 11 is 0. The zero-order valence-corrected chi connectivity index (χ0v) is 13.0. The first-order chi connectivity index (χ1) is 12.1. The minimum atomic E-state index is -1.10. The molecule has 2 heterocycles. The van der Waals surface area contributed by atoms with Crippen LogP contribution in [0.4, 0.5) is 5.95 Å². The maximum atomic E-state index is 11.5. The van der Waals surface area contributed by atoms with Gasteiger partial charge in [0.1, 0.15) is 17.5 Å². The second kappa shape index (κ2) is 5.79. The van der Waals surface area contributed by atoms with Crippen molar-refractivity contribution in [1.29, 1.82) is 0 Å². The molecule has 3 N–H and O–H groups in total. The van der Waals surface area contributed by atoms with Crippen LogP contribution in [0, 0.1) is 0 Å². The molecular weight excluding hydrogens is 320 g/mol. The summed E-state index contributed by atoms with van der Waals surface area (Å²) in [5.74, 6) is -0.246. The molecule has 1 unspecified atom stereocenters. The number of benzene rings is 2. The van der Waals surface area contributed by atoms with E-state index in [1.54, 1.807) is 28.9 Å². The minimum Gasteiger partial charge on any atom is -0.508 e. The summed E-state index contributed by atoms with van der Waals surface area (Å²) in [5.41, 5.74) is 1.36. The van der Waals surface area contributed by atoms with E-state index >= 15 is 0 Å². The fourth-order valence-corrected chi connectivity index (χ4v) is 2.79. The Bertz CT molecular complexity index is 979. The lowest BCUT2D eigenvalue weighted by Gasteiger charge is -2.22. The third-order valence-electron chi connectivity index (χ3n) is 3.98. The van der Waals surface area contributed by atoms with E-state index in [0.717, 1.165) is 5.56 Å². The highest BCUT2D eigenvalue weighted by Crippen LogP contribution is 2.34. The van der Waals surface area contributed by atoms with E-state index in [4.69, 9.17) is 0 Å². The molecule has 0 aliphatic carbocycles. The van der Waals surface area contributed by atoms with Gasteiger partial charge in [-0.15, -0.1) is 5.10 Å². The third kappa shape index (κ3) is 2.61. The van der Waals surface area contributed by atoms with Crippen molar-refractivity contribution in [1.82, 2.24) is 14.8 Å². The molecule has 1 atom stereocenters. The summed E-state index contributed by atoms with van der Waals surface area (Å²) < 4.78 is 1.57. The Morgan fingerprint density at radius 2 is 1.80 bits per heavy atom. The number of carboxylic acid groups (broad SMARTS) is 1. The van der Waals surface area contributed by atoms with Crippen LogP contribution >= 0.6 is 0 Å². The van der Waals surface area contributed by atoms with Crippen molar-refractivity contribution in [3.8, 4) is 17.1 Å². The first kappa shape index (κ1) is 14.9. The summed E-state index contributed by atoms with van der Waals surface area (Å²) in [6.45, 7) is 0. The fraction of sp³-hybridized carbons (Fsp3) is 0.0556. The van der Waals surface area contributed by atoms with Crippen LogP contribution in [0.2, 0.25) is 0 Å². The van der Waals surface area contributed by atoms with Gasteiger partial charge in [0.25, 0.3) is 0 Å². The number of aliphatic carboxylic acids is 1. The maximum Gasteiger partial charge on any atom is 0.352 e. The Labute approximate surface area is 142 Å². The van der Waals surface area contributed by atoms with Crippen molar-refractivity contribution in [3.05, 3.63) is 71.9 Å². The highest BCUT2D eigenvalue weighted by atomic mass is 16.4. The summed E-state index contributed by atoms with van der Waals surface area (Å²) in [4.78, 5) is 15.9. The van der Waals surface area contributed by atoms with E-state index in [9.17, 15) is 15.0 Å². The largest absolute Gasteiger partial charge is 0.508 e. The van der Waals surface area contributed by atoms with Crippen LogP contribution in [-0.2, 0) is 4.79 Å². The number of anilines is 1. The molecule has 0 saturated carbocycles. The maximum absolute atomic E-state index is 11.5. The van der Waals surface area contributed by atoms with Gasteiger partial charge in [0.2, 0.25) is 5.95 Å². The van der Waals surface area contributed by atoms with Crippen LogP contribution in [0.1, 0.15) is 11.6 Å². The van der Waals surface area contributed by atoms with Crippen molar-refractivity contribution in [3.63, 3.8) is 0 Å². The predicted octanol–water partition coefficient (Wildman–Crippen LogP) is 2.63. The molecule has 2 aromatic carbocycles. The lowest BCUT2D eigenvalue weighted by molar-refractivity contribution is -0.132. The van der Waals surface area contributed by atoms with E-state index in [1.165, 1.54) is 6.08 Å². The van der Waals surface area contributed by atoms with Crippen LogP contribution < -0.4 is 5.32 Å². The lowest BCUT2D eigenvalue weighted by Crippen LogP contribution is -2.24. The van der Waals surface area contributed by atoms with Crippen LogP contribution in [0.25, 0.3) is 11.4 Å². The number of nitrogens with one attached hydrogen (secondary N) is 1. The SMILES string of the molecule is O=C(O)C1=CC(c2ccccc2O)n2nc(-c3ccccc3)nc2N1. The number of hydrogen-bond donors (Lipinski definition) is 3. The average molecular weight is 334 g/mol.